The van der Waals surface area contributed by atoms with E-state index in [9.17, 15) is 13.2 Å². The van der Waals surface area contributed by atoms with Gasteiger partial charge in [0, 0.05) is 11.3 Å². The fourth-order valence-electron chi connectivity index (χ4n) is 2.52. The van der Waals surface area contributed by atoms with E-state index in [4.69, 9.17) is 50.0 Å². The zero-order valence-electron chi connectivity index (χ0n) is 14.6. The van der Waals surface area contributed by atoms with Crippen molar-refractivity contribution >= 4 is 57.0 Å². The Morgan fingerprint density at radius 3 is 2.21 bits per heavy atom. The van der Waals surface area contributed by atoms with Crippen LogP contribution in [0, 0.1) is 0 Å². The average molecular weight is 477 g/mol. The van der Waals surface area contributed by atoms with Crippen LogP contribution in [0.1, 0.15) is 0 Å². The van der Waals surface area contributed by atoms with Crippen LogP contribution in [0.15, 0.2) is 41.3 Å². The van der Waals surface area contributed by atoms with E-state index in [1.165, 1.54) is 43.5 Å². The quantitative estimate of drug-likeness (QED) is 0.424. The van der Waals surface area contributed by atoms with E-state index in [0.29, 0.717) is 9.77 Å². The Kier molecular flexibility index (Phi) is 5.95. The molecule has 0 bridgehead atoms. The Labute approximate surface area is 180 Å². The van der Waals surface area contributed by atoms with E-state index in [0.717, 1.165) is 0 Å². The Morgan fingerprint density at radius 2 is 1.69 bits per heavy atom. The van der Waals surface area contributed by atoms with Gasteiger partial charge < -0.3 is 15.2 Å². The second kappa shape index (κ2) is 8.11. The van der Waals surface area contributed by atoms with Crippen molar-refractivity contribution in [1.29, 1.82) is 0 Å². The van der Waals surface area contributed by atoms with Gasteiger partial charge in [0.15, 0.2) is 5.75 Å². The fourth-order valence-corrected chi connectivity index (χ4v) is 4.79. The van der Waals surface area contributed by atoms with Crippen molar-refractivity contribution in [3.05, 3.63) is 51.5 Å². The number of halogens is 3. The highest BCUT2D eigenvalue weighted by Gasteiger charge is 2.29. The summed E-state index contributed by atoms with van der Waals surface area (Å²) in [4.78, 5) is 10.7. The van der Waals surface area contributed by atoms with Crippen LogP contribution in [0.2, 0.25) is 15.1 Å². The Hall–Kier alpha value is -2.46. The van der Waals surface area contributed by atoms with Gasteiger partial charge in [-0.2, -0.15) is 8.42 Å². The van der Waals surface area contributed by atoms with Crippen LogP contribution in [0.25, 0.3) is 11.3 Å². The van der Waals surface area contributed by atoms with Gasteiger partial charge >= 0.3 is 0 Å². The van der Waals surface area contributed by atoms with Crippen molar-refractivity contribution in [1.82, 2.24) is 9.19 Å². The minimum Gasteiger partial charge on any atom is -0.494 e. The molecule has 3 aromatic rings. The van der Waals surface area contributed by atoms with Crippen LogP contribution in [0.3, 0.4) is 0 Å². The number of rotatable bonds is 6. The highest BCUT2D eigenvalue weighted by Crippen LogP contribution is 2.42. The van der Waals surface area contributed by atoms with E-state index >= 15 is 0 Å². The highest BCUT2D eigenvalue weighted by atomic mass is 35.5. The molecular formula is C17H12Cl3N3O5S. The average Bonchev–Trinajstić information content (AvgIpc) is 2.99. The number of benzene rings is 2. The largest absolute Gasteiger partial charge is 0.494 e. The summed E-state index contributed by atoms with van der Waals surface area (Å²) in [5.74, 6) is -0.205. The molecule has 12 heteroatoms. The number of aromatic nitrogens is 2. The molecule has 0 aliphatic heterocycles. The van der Waals surface area contributed by atoms with Gasteiger partial charge in [0.1, 0.15) is 10.7 Å². The Balaban J connectivity index is 2.30. The predicted molar refractivity (Wildman–Crippen MR) is 109 cm³/mol. The van der Waals surface area contributed by atoms with Crippen LogP contribution in [-0.4, -0.2) is 31.2 Å². The predicted octanol–water partition coefficient (Wildman–Crippen LogP) is 3.87. The lowest BCUT2D eigenvalue weighted by Crippen LogP contribution is -2.16. The van der Waals surface area contributed by atoms with E-state index in [1.54, 1.807) is 0 Å². The maximum Gasteiger partial charge on any atom is 0.299 e. The number of nitrogens with two attached hydrogens (primary N) is 1. The number of anilines is 1. The molecule has 0 aliphatic carbocycles. The number of hydrogen-bond donors (Lipinski definition) is 1. The minimum absolute atomic E-state index is 0.0755. The molecule has 0 aliphatic rings. The van der Waals surface area contributed by atoms with Crippen LogP contribution in [0.4, 0.5) is 5.69 Å². The molecule has 0 radical (unpaired) electrons. The van der Waals surface area contributed by atoms with Gasteiger partial charge in [-0.15, -0.1) is 9.19 Å². The molecule has 2 N–H and O–H groups in total. The van der Waals surface area contributed by atoms with Gasteiger partial charge in [-0.1, -0.05) is 34.8 Å². The van der Waals surface area contributed by atoms with Crippen molar-refractivity contribution in [2.75, 3.05) is 12.8 Å². The van der Waals surface area contributed by atoms with Gasteiger partial charge in [0.05, 0.1) is 22.1 Å². The maximum atomic E-state index is 13.2. The fraction of sp³-hybridized carbons (Fsp3) is 0.0588. The van der Waals surface area contributed by atoms with Gasteiger partial charge in [0.2, 0.25) is 0 Å². The van der Waals surface area contributed by atoms with Crippen molar-refractivity contribution in [2.45, 2.75) is 4.90 Å². The molecule has 1 aromatic heterocycles. The lowest BCUT2D eigenvalue weighted by Gasteiger charge is -2.12. The number of nitrogen functional groups attached to an aromatic ring is 1. The van der Waals surface area contributed by atoms with Crippen molar-refractivity contribution in [2.24, 2.45) is 0 Å². The summed E-state index contributed by atoms with van der Waals surface area (Å²) < 4.78 is 36.8. The molecule has 0 saturated heterocycles. The first-order valence-corrected chi connectivity index (χ1v) is 10.3. The SMILES string of the molecule is COc1c(Cl)cc(-c2c(Cl)c(OC=O)nn2S(=O)(=O)c2ccc(N)cc2)cc1Cl. The maximum absolute atomic E-state index is 13.2. The summed E-state index contributed by atoms with van der Waals surface area (Å²) in [7, 11) is -2.86. The number of hydrogen-bond acceptors (Lipinski definition) is 7. The molecule has 0 atom stereocenters. The third-order valence-electron chi connectivity index (χ3n) is 3.81. The normalized spacial score (nSPS) is 11.3. The van der Waals surface area contributed by atoms with Gasteiger partial charge in [-0.3, -0.25) is 4.79 Å². The molecule has 0 fully saturated rings. The monoisotopic (exact) mass is 475 g/mol. The molecule has 1 heterocycles. The Bertz CT molecular complexity index is 1170. The molecule has 8 nitrogen and oxygen atoms in total. The van der Waals surface area contributed by atoms with E-state index < -0.39 is 15.9 Å². The summed E-state index contributed by atoms with van der Waals surface area (Å²) >= 11 is 18.6. The standard InChI is InChI=1S/C17H12Cl3N3O5S/c1-27-16-12(18)6-9(7-13(16)19)15-14(20)17(28-8-24)22-23(15)29(25,26)11-4-2-10(21)3-5-11/h2-8H,21H2,1H3. The van der Waals surface area contributed by atoms with Crippen LogP contribution < -0.4 is 15.2 Å². The summed E-state index contributed by atoms with van der Waals surface area (Å²) in [5, 5.41) is 3.84. The number of methoxy groups -OCH3 is 1. The van der Waals surface area contributed by atoms with E-state index in [1.807, 2.05) is 0 Å². The van der Waals surface area contributed by atoms with Gasteiger partial charge in [-0.25, -0.2) is 0 Å². The number of carbonyl (C=O) groups excluding carboxylic acids is 1. The molecular weight excluding hydrogens is 465 g/mol. The summed E-state index contributed by atoms with van der Waals surface area (Å²) in [6, 6.07) is 8.24. The first-order valence-electron chi connectivity index (χ1n) is 7.74. The molecule has 2 aromatic carbocycles. The van der Waals surface area contributed by atoms with Crippen LogP contribution in [-0.2, 0) is 14.8 Å². The summed E-state index contributed by atoms with van der Waals surface area (Å²) in [6.07, 6.45) is 0. The minimum atomic E-state index is -4.24. The first kappa shape index (κ1) is 21.3. The number of carbonyl (C=O) groups is 1. The summed E-state index contributed by atoms with van der Waals surface area (Å²) in [5.41, 5.74) is 6.10. The second-order valence-electron chi connectivity index (χ2n) is 5.57. The molecule has 0 spiro atoms. The second-order valence-corrected chi connectivity index (χ2v) is 8.53. The zero-order valence-corrected chi connectivity index (χ0v) is 17.7. The highest BCUT2D eigenvalue weighted by molar-refractivity contribution is 7.90. The van der Waals surface area contributed by atoms with Gasteiger partial charge in [0.25, 0.3) is 22.4 Å². The van der Waals surface area contributed by atoms with E-state index in [-0.39, 0.29) is 43.4 Å². The molecule has 3 rings (SSSR count). The van der Waals surface area contributed by atoms with Crippen molar-refractivity contribution < 1.29 is 22.7 Å². The number of ether oxygens (including phenoxy) is 2. The van der Waals surface area contributed by atoms with Crippen molar-refractivity contribution in [3.63, 3.8) is 0 Å². The summed E-state index contributed by atoms with van der Waals surface area (Å²) in [6.45, 7) is 0.0755. The van der Waals surface area contributed by atoms with Gasteiger partial charge in [-0.05, 0) is 36.4 Å². The lowest BCUT2D eigenvalue weighted by molar-refractivity contribution is -0.120. The third kappa shape index (κ3) is 3.86. The molecule has 0 unspecified atom stereocenters. The van der Waals surface area contributed by atoms with Crippen LogP contribution in [0.5, 0.6) is 11.6 Å². The topological polar surface area (TPSA) is 114 Å². The van der Waals surface area contributed by atoms with Crippen LogP contribution >= 0.6 is 34.8 Å². The Morgan fingerprint density at radius 1 is 1.10 bits per heavy atom. The molecule has 0 amide bonds. The third-order valence-corrected chi connectivity index (χ3v) is 6.30. The molecule has 152 valence electrons. The lowest BCUT2D eigenvalue weighted by atomic mass is 10.1. The smallest absolute Gasteiger partial charge is 0.299 e. The number of nitrogens with zero attached hydrogens (tertiary/aromatic N) is 2. The van der Waals surface area contributed by atoms with E-state index in [2.05, 4.69) is 5.10 Å². The zero-order chi connectivity index (χ0) is 21.3. The first-order chi connectivity index (χ1) is 13.7. The van der Waals surface area contributed by atoms with Crippen molar-refractivity contribution in [3.8, 4) is 22.9 Å². The molecule has 0 saturated carbocycles. The molecule has 29 heavy (non-hydrogen) atoms.